The molecule has 0 atom stereocenters. The van der Waals surface area contributed by atoms with E-state index in [4.69, 9.17) is 9.84 Å². The van der Waals surface area contributed by atoms with Gasteiger partial charge in [-0.25, -0.2) is 0 Å². The summed E-state index contributed by atoms with van der Waals surface area (Å²) in [5, 5.41) is 8.93. The highest BCUT2D eigenvalue weighted by molar-refractivity contribution is 5.73. The average molecular weight is 172 g/mol. The first-order valence-corrected chi connectivity index (χ1v) is 4.58. The van der Waals surface area contributed by atoms with Crippen molar-refractivity contribution in [3.63, 3.8) is 0 Å². The Hall–Kier alpha value is -0.570. The van der Waals surface area contributed by atoms with Crippen molar-refractivity contribution >= 4 is 5.97 Å². The first-order valence-electron chi connectivity index (χ1n) is 4.58. The van der Waals surface area contributed by atoms with Crippen molar-refractivity contribution in [2.24, 2.45) is 5.92 Å². The van der Waals surface area contributed by atoms with Crippen LogP contribution >= 0.6 is 0 Å². The van der Waals surface area contributed by atoms with Gasteiger partial charge in [0.15, 0.2) is 0 Å². The summed E-state index contributed by atoms with van der Waals surface area (Å²) < 4.78 is 4.98. The van der Waals surface area contributed by atoms with Crippen LogP contribution in [0.5, 0.6) is 0 Å². The van der Waals surface area contributed by atoms with Gasteiger partial charge in [-0.2, -0.15) is 0 Å². The van der Waals surface area contributed by atoms with E-state index in [2.05, 4.69) is 6.92 Å². The summed E-state index contributed by atoms with van der Waals surface area (Å²) in [6.07, 6.45) is 2.88. The summed E-state index contributed by atoms with van der Waals surface area (Å²) in [4.78, 5) is 11.1. The number of unbranched alkanes of at least 4 members (excludes halogenated alkanes) is 1. The van der Waals surface area contributed by atoms with Crippen LogP contribution in [0, 0.1) is 5.92 Å². The van der Waals surface area contributed by atoms with E-state index in [0.29, 0.717) is 19.4 Å². The molecule has 0 aromatic heterocycles. The molecule has 12 heavy (non-hydrogen) atoms. The van der Waals surface area contributed by atoms with Gasteiger partial charge in [0.25, 0.3) is 0 Å². The molecule has 3 heteroatoms. The zero-order valence-corrected chi connectivity index (χ0v) is 7.45. The minimum Gasteiger partial charge on any atom is -0.465 e. The molecular formula is C9H16O3. The van der Waals surface area contributed by atoms with Gasteiger partial charge in [-0.1, -0.05) is 13.3 Å². The molecule has 0 aromatic rings. The first-order chi connectivity index (χ1) is 5.74. The molecule has 0 radical (unpaired) electrons. The second kappa shape index (κ2) is 4.45. The molecule has 0 saturated heterocycles. The van der Waals surface area contributed by atoms with Crippen LogP contribution < -0.4 is 0 Å². The Bertz CT molecular complexity index is 150. The molecule has 1 aliphatic carbocycles. The summed E-state index contributed by atoms with van der Waals surface area (Å²) in [7, 11) is 0. The van der Waals surface area contributed by atoms with E-state index >= 15 is 0 Å². The Labute approximate surface area is 72.7 Å². The maximum Gasteiger partial charge on any atom is 0.309 e. The third-order valence-corrected chi connectivity index (χ3v) is 2.19. The molecule has 1 rings (SSSR count). The highest BCUT2D eigenvalue weighted by atomic mass is 16.5. The number of aliphatic hydroxyl groups is 1. The summed E-state index contributed by atoms with van der Waals surface area (Å²) in [6.45, 7) is 2.59. The van der Waals surface area contributed by atoms with Gasteiger partial charge in [-0.3, -0.25) is 4.79 Å². The number of carbonyl (C=O) groups is 1. The van der Waals surface area contributed by atoms with E-state index < -0.39 is 0 Å². The summed E-state index contributed by atoms with van der Waals surface area (Å²) in [6, 6.07) is 0. The van der Waals surface area contributed by atoms with Crippen LogP contribution in [0.3, 0.4) is 0 Å². The number of rotatable bonds is 4. The van der Waals surface area contributed by atoms with Crippen LogP contribution in [0.4, 0.5) is 0 Å². The van der Waals surface area contributed by atoms with Gasteiger partial charge in [0.05, 0.1) is 18.6 Å². The molecule has 0 bridgehead atoms. The molecule has 1 saturated carbocycles. The first kappa shape index (κ1) is 9.52. The SMILES string of the molecule is CCCCOC(=O)C1CC(O)C1. The molecule has 0 spiro atoms. The van der Waals surface area contributed by atoms with Crippen molar-refractivity contribution in [3.8, 4) is 0 Å². The van der Waals surface area contributed by atoms with Crippen LogP contribution in [0.15, 0.2) is 0 Å². The molecule has 0 aliphatic heterocycles. The quantitative estimate of drug-likeness (QED) is 0.510. The second-order valence-corrected chi connectivity index (χ2v) is 3.34. The molecule has 3 nitrogen and oxygen atoms in total. The summed E-state index contributed by atoms with van der Waals surface area (Å²) >= 11 is 0. The average Bonchev–Trinajstić information content (AvgIpc) is 1.99. The van der Waals surface area contributed by atoms with Gasteiger partial charge in [0, 0.05) is 0 Å². The lowest BCUT2D eigenvalue weighted by molar-refractivity contribution is -0.155. The van der Waals surface area contributed by atoms with Crippen LogP contribution in [-0.4, -0.2) is 23.8 Å². The van der Waals surface area contributed by atoms with Crippen molar-refractivity contribution in [1.82, 2.24) is 0 Å². The molecular weight excluding hydrogens is 156 g/mol. The van der Waals surface area contributed by atoms with Crippen LogP contribution in [-0.2, 0) is 9.53 Å². The standard InChI is InChI=1S/C9H16O3/c1-2-3-4-12-9(11)7-5-8(10)6-7/h7-8,10H,2-6H2,1H3. The Kier molecular flexibility index (Phi) is 3.53. The second-order valence-electron chi connectivity index (χ2n) is 3.34. The lowest BCUT2D eigenvalue weighted by atomic mass is 9.83. The third-order valence-electron chi connectivity index (χ3n) is 2.19. The third kappa shape index (κ3) is 2.48. The van der Waals surface area contributed by atoms with Gasteiger partial charge in [0.1, 0.15) is 0 Å². The van der Waals surface area contributed by atoms with Gasteiger partial charge < -0.3 is 9.84 Å². The van der Waals surface area contributed by atoms with E-state index in [1.807, 2.05) is 0 Å². The normalized spacial score (nSPS) is 27.8. The van der Waals surface area contributed by atoms with Crippen molar-refractivity contribution in [3.05, 3.63) is 0 Å². The highest BCUT2D eigenvalue weighted by Gasteiger charge is 2.34. The lowest BCUT2D eigenvalue weighted by Gasteiger charge is -2.29. The van der Waals surface area contributed by atoms with Crippen LogP contribution in [0.2, 0.25) is 0 Å². The van der Waals surface area contributed by atoms with Crippen molar-refractivity contribution < 1.29 is 14.6 Å². The van der Waals surface area contributed by atoms with Crippen molar-refractivity contribution in [2.45, 2.75) is 38.7 Å². The molecule has 1 aliphatic rings. The zero-order chi connectivity index (χ0) is 8.97. The Morgan fingerprint density at radius 2 is 2.25 bits per heavy atom. The zero-order valence-electron chi connectivity index (χ0n) is 7.45. The molecule has 70 valence electrons. The minimum atomic E-state index is -0.270. The van der Waals surface area contributed by atoms with E-state index in [-0.39, 0.29) is 18.0 Å². The fourth-order valence-corrected chi connectivity index (χ4v) is 1.22. The van der Waals surface area contributed by atoms with E-state index in [1.165, 1.54) is 0 Å². The summed E-state index contributed by atoms with van der Waals surface area (Å²) in [5.41, 5.74) is 0. The van der Waals surface area contributed by atoms with Gasteiger partial charge >= 0.3 is 5.97 Å². The number of hydrogen-bond donors (Lipinski definition) is 1. The predicted molar refractivity (Wildman–Crippen MR) is 44.6 cm³/mol. The number of carbonyl (C=O) groups excluding carboxylic acids is 1. The molecule has 1 N–H and O–H groups in total. The molecule has 0 unspecified atom stereocenters. The topological polar surface area (TPSA) is 46.5 Å². The van der Waals surface area contributed by atoms with Crippen molar-refractivity contribution in [1.29, 1.82) is 0 Å². The Morgan fingerprint density at radius 3 is 2.75 bits per heavy atom. The fraction of sp³-hybridized carbons (Fsp3) is 0.889. The predicted octanol–water partition coefficient (Wildman–Crippen LogP) is 1.10. The molecule has 0 amide bonds. The molecule has 0 heterocycles. The Morgan fingerprint density at radius 1 is 1.58 bits per heavy atom. The van der Waals surface area contributed by atoms with E-state index in [9.17, 15) is 4.79 Å². The molecule has 1 fully saturated rings. The minimum absolute atomic E-state index is 0.0307. The smallest absolute Gasteiger partial charge is 0.309 e. The monoisotopic (exact) mass is 172 g/mol. The van der Waals surface area contributed by atoms with E-state index in [1.54, 1.807) is 0 Å². The fourth-order valence-electron chi connectivity index (χ4n) is 1.22. The lowest BCUT2D eigenvalue weighted by Crippen LogP contribution is -2.35. The molecule has 0 aromatic carbocycles. The van der Waals surface area contributed by atoms with Crippen LogP contribution in [0.1, 0.15) is 32.6 Å². The van der Waals surface area contributed by atoms with Gasteiger partial charge in [-0.15, -0.1) is 0 Å². The summed E-state index contributed by atoms with van der Waals surface area (Å²) in [5.74, 6) is -0.161. The number of hydrogen-bond acceptors (Lipinski definition) is 3. The maximum atomic E-state index is 11.1. The largest absolute Gasteiger partial charge is 0.465 e. The van der Waals surface area contributed by atoms with E-state index in [0.717, 1.165) is 12.8 Å². The van der Waals surface area contributed by atoms with Gasteiger partial charge in [-0.05, 0) is 19.3 Å². The highest BCUT2D eigenvalue weighted by Crippen LogP contribution is 2.28. The maximum absolute atomic E-state index is 11.1. The number of aliphatic hydroxyl groups excluding tert-OH is 1. The van der Waals surface area contributed by atoms with Gasteiger partial charge in [0.2, 0.25) is 0 Å². The number of esters is 1. The Balaban J connectivity index is 2.04. The van der Waals surface area contributed by atoms with Crippen molar-refractivity contribution in [2.75, 3.05) is 6.61 Å². The van der Waals surface area contributed by atoms with Crippen LogP contribution in [0.25, 0.3) is 0 Å². The number of ether oxygens (including phenoxy) is 1.